The lowest BCUT2D eigenvalue weighted by atomic mass is 10.2. The predicted octanol–water partition coefficient (Wildman–Crippen LogP) is 1.28. The van der Waals surface area contributed by atoms with Gasteiger partial charge in [-0.3, -0.25) is 4.79 Å². The molecule has 0 aliphatic carbocycles. The fraction of sp³-hybridized carbons (Fsp3) is 0.421. The van der Waals surface area contributed by atoms with E-state index in [1.165, 1.54) is 0 Å². The lowest BCUT2D eigenvalue weighted by Crippen LogP contribution is -2.54. The summed E-state index contributed by atoms with van der Waals surface area (Å²) >= 11 is 0. The maximum absolute atomic E-state index is 12.8. The lowest BCUT2D eigenvalue weighted by Gasteiger charge is -2.37. The molecule has 0 spiro atoms. The summed E-state index contributed by atoms with van der Waals surface area (Å²) in [5, 5.41) is 0. The third kappa shape index (κ3) is 3.60. The number of methoxy groups -OCH3 is 1. The SMILES string of the molecule is COc1cc(N2CCN(C(=O)C3COc4ccccc4O3)CC2)nc(C)n1. The summed E-state index contributed by atoms with van der Waals surface area (Å²) in [5.41, 5.74) is 0. The van der Waals surface area contributed by atoms with Crippen molar-refractivity contribution < 1.29 is 19.0 Å². The van der Waals surface area contributed by atoms with Crippen LogP contribution in [0.2, 0.25) is 0 Å². The van der Waals surface area contributed by atoms with Crippen molar-refractivity contribution in [1.29, 1.82) is 0 Å². The quantitative estimate of drug-likeness (QED) is 0.805. The molecule has 3 heterocycles. The number of carbonyl (C=O) groups excluding carboxylic acids is 1. The minimum Gasteiger partial charge on any atom is -0.485 e. The summed E-state index contributed by atoms with van der Waals surface area (Å²) in [5.74, 6) is 3.28. The fourth-order valence-corrected chi connectivity index (χ4v) is 3.29. The maximum atomic E-state index is 12.8. The van der Waals surface area contributed by atoms with Crippen LogP contribution in [0.1, 0.15) is 5.82 Å². The van der Waals surface area contributed by atoms with Crippen LogP contribution in [-0.2, 0) is 4.79 Å². The van der Waals surface area contributed by atoms with E-state index in [1.807, 2.05) is 42.2 Å². The number of aryl methyl sites for hydroxylation is 1. The van der Waals surface area contributed by atoms with E-state index in [-0.39, 0.29) is 12.5 Å². The molecule has 2 aromatic rings. The van der Waals surface area contributed by atoms with Gasteiger partial charge in [-0.15, -0.1) is 0 Å². The average Bonchev–Trinajstić information content (AvgIpc) is 2.72. The molecule has 8 heteroatoms. The average molecular weight is 370 g/mol. The Morgan fingerprint density at radius 1 is 1.15 bits per heavy atom. The molecule has 1 saturated heterocycles. The second-order valence-electron chi connectivity index (χ2n) is 6.49. The summed E-state index contributed by atoms with van der Waals surface area (Å²) in [6.07, 6.45) is -0.604. The molecular weight excluding hydrogens is 348 g/mol. The molecule has 8 nitrogen and oxygen atoms in total. The third-order valence-corrected chi connectivity index (χ3v) is 4.71. The van der Waals surface area contributed by atoms with Gasteiger partial charge in [0.25, 0.3) is 5.91 Å². The van der Waals surface area contributed by atoms with Crippen molar-refractivity contribution in [3.8, 4) is 17.4 Å². The summed E-state index contributed by atoms with van der Waals surface area (Å²) in [6.45, 7) is 4.66. The fourth-order valence-electron chi connectivity index (χ4n) is 3.29. The van der Waals surface area contributed by atoms with Gasteiger partial charge in [-0.1, -0.05) is 12.1 Å². The number of ether oxygens (including phenoxy) is 3. The van der Waals surface area contributed by atoms with Gasteiger partial charge in [0.05, 0.1) is 7.11 Å². The molecule has 2 aliphatic rings. The van der Waals surface area contributed by atoms with E-state index in [2.05, 4.69) is 14.9 Å². The Bertz CT molecular complexity index is 836. The van der Waals surface area contributed by atoms with Gasteiger partial charge in [0.2, 0.25) is 12.0 Å². The molecule has 0 radical (unpaired) electrons. The van der Waals surface area contributed by atoms with E-state index in [4.69, 9.17) is 14.2 Å². The van der Waals surface area contributed by atoms with Gasteiger partial charge in [-0.25, -0.2) is 4.98 Å². The highest BCUT2D eigenvalue weighted by Gasteiger charge is 2.33. The van der Waals surface area contributed by atoms with Crippen LogP contribution < -0.4 is 19.1 Å². The summed E-state index contributed by atoms with van der Waals surface area (Å²) < 4.78 is 16.7. The third-order valence-electron chi connectivity index (χ3n) is 4.71. The largest absolute Gasteiger partial charge is 0.485 e. The normalized spacial score (nSPS) is 19.0. The zero-order chi connectivity index (χ0) is 18.8. The molecular formula is C19H22N4O4. The highest BCUT2D eigenvalue weighted by molar-refractivity contribution is 5.82. The molecule has 27 heavy (non-hydrogen) atoms. The number of para-hydroxylation sites is 2. The van der Waals surface area contributed by atoms with Crippen LogP contribution in [0, 0.1) is 6.92 Å². The van der Waals surface area contributed by atoms with Crippen LogP contribution in [-0.4, -0.2) is 66.8 Å². The summed E-state index contributed by atoms with van der Waals surface area (Å²) in [6, 6.07) is 9.23. The van der Waals surface area contributed by atoms with Gasteiger partial charge < -0.3 is 24.0 Å². The number of fused-ring (bicyclic) bond motifs is 1. The van der Waals surface area contributed by atoms with Crippen LogP contribution in [0.15, 0.2) is 30.3 Å². The van der Waals surface area contributed by atoms with Gasteiger partial charge in [0, 0.05) is 32.2 Å². The number of amides is 1. The van der Waals surface area contributed by atoms with Crippen molar-refractivity contribution >= 4 is 11.7 Å². The van der Waals surface area contributed by atoms with Crippen molar-refractivity contribution in [2.24, 2.45) is 0 Å². The second kappa shape index (κ2) is 7.30. The van der Waals surface area contributed by atoms with Crippen molar-refractivity contribution in [1.82, 2.24) is 14.9 Å². The molecule has 2 aliphatic heterocycles. The van der Waals surface area contributed by atoms with E-state index in [0.29, 0.717) is 49.4 Å². The van der Waals surface area contributed by atoms with Gasteiger partial charge in [0.1, 0.15) is 18.2 Å². The molecule has 1 aromatic heterocycles. The van der Waals surface area contributed by atoms with E-state index in [1.54, 1.807) is 7.11 Å². The molecule has 4 rings (SSSR count). The molecule has 1 unspecified atom stereocenters. The first-order valence-electron chi connectivity index (χ1n) is 8.96. The lowest BCUT2D eigenvalue weighted by molar-refractivity contribution is -0.141. The molecule has 0 N–H and O–H groups in total. The number of benzene rings is 1. The van der Waals surface area contributed by atoms with Crippen molar-refractivity contribution in [3.63, 3.8) is 0 Å². The zero-order valence-electron chi connectivity index (χ0n) is 15.4. The Labute approximate surface area is 157 Å². The number of anilines is 1. The Kier molecular flexibility index (Phi) is 4.70. The molecule has 1 atom stereocenters. The van der Waals surface area contributed by atoms with Crippen LogP contribution in [0.4, 0.5) is 5.82 Å². The molecule has 1 fully saturated rings. The molecule has 0 bridgehead atoms. The first-order chi connectivity index (χ1) is 13.1. The molecule has 1 aromatic carbocycles. The van der Waals surface area contributed by atoms with Crippen LogP contribution in [0.5, 0.6) is 17.4 Å². The smallest absolute Gasteiger partial charge is 0.267 e. The van der Waals surface area contributed by atoms with Crippen molar-refractivity contribution in [3.05, 3.63) is 36.2 Å². The van der Waals surface area contributed by atoms with Gasteiger partial charge in [0.15, 0.2) is 11.5 Å². The van der Waals surface area contributed by atoms with Crippen molar-refractivity contribution in [2.75, 3.05) is 44.8 Å². The first-order valence-corrected chi connectivity index (χ1v) is 8.96. The van der Waals surface area contributed by atoms with Gasteiger partial charge in [-0.05, 0) is 19.1 Å². The first kappa shape index (κ1) is 17.4. The van der Waals surface area contributed by atoms with Crippen LogP contribution in [0.3, 0.4) is 0 Å². The number of aromatic nitrogens is 2. The number of rotatable bonds is 3. The second-order valence-corrected chi connectivity index (χ2v) is 6.49. The monoisotopic (exact) mass is 370 g/mol. The predicted molar refractivity (Wildman–Crippen MR) is 98.5 cm³/mol. The minimum absolute atomic E-state index is 0.0411. The summed E-state index contributed by atoms with van der Waals surface area (Å²) in [7, 11) is 1.59. The van der Waals surface area contributed by atoms with Crippen LogP contribution in [0.25, 0.3) is 0 Å². The highest BCUT2D eigenvalue weighted by atomic mass is 16.6. The van der Waals surface area contributed by atoms with Gasteiger partial charge in [-0.2, -0.15) is 4.98 Å². The highest BCUT2D eigenvalue weighted by Crippen LogP contribution is 2.31. The Morgan fingerprint density at radius 2 is 1.89 bits per heavy atom. The molecule has 1 amide bonds. The Balaban J connectivity index is 1.38. The zero-order valence-corrected chi connectivity index (χ0v) is 15.4. The molecule has 142 valence electrons. The van der Waals surface area contributed by atoms with E-state index >= 15 is 0 Å². The minimum atomic E-state index is -0.604. The number of nitrogens with zero attached hydrogens (tertiary/aromatic N) is 4. The molecule has 0 saturated carbocycles. The van der Waals surface area contributed by atoms with Crippen molar-refractivity contribution in [2.45, 2.75) is 13.0 Å². The standard InChI is InChI=1S/C19H22N4O4/c1-13-20-17(11-18(21-13)25-2)22-7-9-23(10-8-22)19(24)16-12-26-14-5-3-4-6-15(14)27-16/h3-6,11,16H,7-10,12H2,1-2H3. The topological polar surface area (TPSA) is 77.0 Å². The number of piperazine rings is 1. The van der Waals surface area contributed by atoms with Crippen LogP contribution >= 0.6 is 0 Å². The Hall–Kier alpha value is -3.03. The van der Waals surface area contributed by atoms with E-state index in [9.17, 15) is 4.79 Å². The summed E-state index contributed by atoms with van der Waals surface area (Å²) in [4.78, 5) is 25.5. The van der Waals surface area contributed by atoms with E-state index in [0.717, 1.165) is 5.82 Å². The number of hydrogen-bond acceptors (Lipinski definition) is 7. The maximum Gasteiger partial charge on any atom is 0.267 e. The number of hydrogen-bond donors (Lipinski definition) is 0. The van der Waals surface area contributed by atoms with E-state index < -0.39 is 6.10 Å². The van der Waals surface area contributed by atoms with Gasteiger partial charge >= 0.3 is 0 Å². The Morgan fingerprint density at radius 3 is 2.63 bits per heavy atom. The number of carbonyl (C=O) groups is 1.